The minimum absolute atomic E-state index is 0.124. The third-order valence-corrected chi connectivity index (χ3v) is 4.82. The minimum Gasteiger partial charge on any atom is -0.326 e. The SMILES string of the molecule is CCCCN(CCC(=O)Nc1ccc(Cl)cc1C)S(C)(=O)=O. The molecule has 0 atom stereocenters. The number of amides is 1. The summed E-state index contributed by atoms with van der Waals surface area (Å²) in [6.45, 7) is 4.49. The van der Waals surface area contributed by atoms with Crippen LogP contribution in [0.1, 0.15) is 31.7 Å². The van der Waals surface area contributed by atoms with E-state index in [9.17, 15) is 13.2 Å². The number of nitrogens with zero attached hydrogens (tertiary/aromatic N) is 1. The molecule has 1 aromatic rings. The number of unbranched alkanes of at least 4 members (excludes halogenated alkanes) is 1. The maximum atomic E-state index is 12.0. The Morgan fingerprint density at radius 3 is 2.55 bits per heavy atom. The number of nitrogens with one attached hydrogen (secondary N) is 1. The Balaban J connectivity index is 2.60. The molecule has 0 aliphatic rings. The number of hydrogen-bond acceptors (Lipinski definition) is 3. The number of halogens is 1. The third-order valence-electron chi connectivity index (χ3n) is 3.28. The van der Waals surface area contributed by atoms with Crippen LogP contribution in [0, 0.1) is 6.92 Å². The van der Waals surface area contributed by atoms with Crippen molar-refractivity contribution in [3.05, 3.63) is 28.8 Å². The number of rotatable bonds is 8. The summed E-state index contributed by atoms with van der Waals surface area (Å²) in [6.07, 6.45) is 2.98. The van der Waals surface area contributed by atoms with Gasteiger partial charge in [-0.25, -0.2) is 12.7 Å². The fraction of sp³-hybridized carbons (Fsp3) is 0.533. The van der Waals surface area contributed by atoms with E-state index in [0.29, 0.717) is 17.3 Å². The highest BCUT2D eigenvalue weighted by atomic mass is 35.5. The Labute approximate surface area is 137 Å². The topological polar surface area (TPSA) is 66.5 Å². The highest BCUT2D eigenvalue weighted by Crippen LogP contribution is 2.19. The second-order valence-corrected chi connectivity index (χ2v) is 7.69. The van der Waals surface area contributed by atoms with Gasteiger partial charge in [0.05, 0.1) is 6.26 Å². The molecule has 7 heteroatoms. The fourth-order valence-corrected chi connectivity index (χ4v) is 3.09. The normalized spacial score (nSPS) is 11.7. The summed E-state index contributed by atoms with van der Waals surface area (Å²) in [6, 6.07) is 5.20. The van der Waals surface area contributed by atoms with Crippen molar-refractivity contribution >= 4 is 33.2 Å². The molecular formula is C15H23ClN2O3S. The summed E-state index contributed by atoms with van der Waals surface area (Å²) < 4.78 is 24.7. The van der Waals surface area contributed by atoms with E-state index in [2.05, 4.69) is 5.32 Å². The summed E-state index contributed by atoms with van der Waals surface area (Å²) >= 11 is 5.87. The number of carbonyl (C=O) groups excluding carboxylic acids is 1. The second kappa shape index (κ2) is 8.50. The van der Waals surface area contributed by atoms with Gasteiger partial charge in [-0.2, -0.15) is 0 Å². The lowest BCUT2D eigenvalue weighted by Gasteiger charge is -2.19. The monoisotopic (exact) mass is 346 g/mol. The molecule has 1 rings (SSSR count). The van der Waals surface area contributed by atoms with Crippen LogP contribution >= 0.6 is 11.6 Å². The Kier molecular flexibility index (Phi) is 7.32. The van der Waals surface area contributed by atoms with Gasteiger partial charge in [0.15, 0.2) is 0 Å². The number of hydrogen-bond donors (Lipinski definition) is 1. The van der Waals surface area contributed by atoms with Gasteiger partial charge in [0.25, 0.3) is 0 Å². The molecule has 0 spiro atoms. The molecule has 1 amide bonds. The van der Waals surface area contributed by atoms with E-state index >= 15 is 0 Å². The van der Waals surface area contributed by atoms with Gasteiger partial charge in [0.1, 0.15) is 0 Å². The van der Waals surface area contributed by atoms with Crippen LogP contribution in [-0.4, -0.2) is 38.0 Å². The highest BCUT2D eigenvalue weighted by Gasteiger charge is 2.17. The summed E-state index contributed by atoms with van der Waals surface area (Å²) in [5, 5.41) is 3.39. The van der Waals surface area contributed by atoms with Crippen LogP contribution in [0.5, 0.6) is 0 Å². The average Bonchev–Trinajstić information content (AvgIpc) is 2.40. The third kappa shape index (κ3) is 6.34. The molecule has 1 N–H and O–H groups in total. The lowest BCUT2D eigenvalue weighted by atomic mass is 10.2. The quantitative estimate of drug-likeness (QED) is 0.786. The van der Waals surface area contributed by atoms with Crippen LogP contribution in [0.15, 0.2) is 18.2 Å². The Hall–Kier alpha value is -1.11. The summed E-state index contributed by atoms with van der Waals surface area (Å²) in [5.74, 6) is -0.212. The van der Waals surface area contributed by atoms with E-state index < -0.39 is 10.0 Å². The number of sulfonamides is 1. The Bertz CT molecular complexity index is 617. The summed E-state index contributed by atoms with van der Waals surface area (Å²) in [5.41, 5.74) is 1.56. The van der Waals surface area contributed by atoms with Crippen LogP contribution in [0.3, 0.4) is 0 Å². The van der Waals surface area contributed by atoms with Gasteiger partial charge in [0, 0.05) is 30.2 Å². The first-order valence-electron chi connectivity index (χ1n) is 7.25. The predicted octanol–water partition coefficient (Wildman–Crippen LogP) is 3.04. The van der Waals surface area contributed by atoms with Crippen molar-refractivity contribution < 1.29 is 13.2 Å². The largest absolute Gasteiger partial charge is 0.326 e. The van der Waals surface area contributed by atoms with Crippen LogP contribution in [0.25, 0.3) is 0 Å². The number of aryl methyl sites for hydroxylation is 1. The molecule has 0 fully saturated rings. The first kappa shape index (κ1) is 18.9. The fourth-order valence-electron chi connectivity index (χ4n) is 1.98. The number of carbonyl (C=O) groups is 1. The molecule has 0 aliphatic heterocycles. The maximum absolute atomic E-state index is 12.0. The van der Waals surface area contributed by atoms with Crippen molar-refractivity contribution in [3.63, 3.8) is 0 Å². The maximum Gasteiger partial charge on any atom is 0.225 e. The van der Waals surface area contributed by atoms with Crippen LogP contribution in [0.4, 0.5) is 5.69 Å². The van der Waals surface area contributed by atoms with Gasteiger partial charge < -0.3 is 5.32 Å². The highest BCUT2D eigenvalue weighted by molar-refractivity contribution is 7.88. The van der Waals surface area contributed by atoms with Gasteiger partial charge >= 0.3 is 0 Å². The first-order valence-corrected chi connectivity index (χ1v) is 9.47. The molecule has 0 saturated carbocycles. The van der Waals surface area contributed by atoms with E-state index in [4.69, 9.17) is 11.6 Å². The standard InChI is InChI=1S/C15H23ClN2O3S/c1-4-5-9-18(22(3,20)21)10-8-15(19)17-14-7-6-13(16)11-12(14)2/h6-7,11H,4-5,8-10H2,1-3H3,(H,17,19). The van der Waals surface area contributed by atoms with Crippen molar-refractivity contribution in [2.75, 3.05) is 24.7 Å². The molecule has 0 saturated heterocycles. The van der Waals surface area contributed by atoms with Crippen molar-refractivity contribution in [1.82, 2.24) is 4.31 Å². The van der Waals surface area contributed by atoms with Gasteiger partial charge in [-0.05, 0) is 37.1 Å². The average molecular weight is 347 g/mol. The molecule has 1 aromatic carbocycles. The van der Waals surface area contributed by atoms with Gasteiger partial charge in [0.2, 0.25) is 15.9 Å². The molecule has 0 bridgehead atoms. The van der Waals surface area contributed by atoms with Crippen molar-refractivity contribution in [2.45, 2.75) is 33.1 Å². The first-order chi connectivity index (χ1) is 10.2. The molecule has 0 aliphatic carbocycles. The smallest absolute Gasteiger partial charge is 0.225 e. The minimum atomic E-state index is -3.28. The molecule has 22 heavy (non-hydrogen) atoms. The van der Waals surface area contributed by atoms with E-state index in [1.165, 1.54) is 10.6 Å². The molecule has 5 nitrogen and oxygen atoms in total. The van der Waals surface area contributed by atoms with E-state index in [0.717, 1.165) is 18.4 Å². The second-order valence-electron chi connectivity index (χ2n) is 5.27. The number of benzene rings is 1. The zero-order valence-electron chi connectivity index (χ0n) is 13.2. The van der Waals surface area contributed by atoms with Crippen molar-refractivity contribution in [2.24, 2.45) is 0 Å². The Morgan fingerprint density at radius 1 is 1.32 bits per heavy atom. The molecule has 0 aromatic heterocycles. The summed E-state index contributed by atoms with van der Waals surface area (Å²) in [4.78, 5) is 12.0. The number of anilines is 1. The molecule has 124 valence electrons. The zero-order valence-corrected chi connectivity index (χ0v) is 14.8. The lowest BCUT2D eigenvalue weighted by molar-refractivity contribution is -0.116. The molecule has 0 radical (unpaired) electrons. The molecule has 0 heterocycles. The van der Waals surface area contributed by atoms with E-state index in [1.807, 2.05) is 13.8 Å². The van der Waals surface area contributed by atoms with Gasteiger partial charge in [-0.3, -0.25) is 4.79 Å². The lowest BCUT2D eigenvalue weighted by Crippen LogP contribution is -2.33. The molecular weight excluding hydrogens is 324 g/mol. The van der Waals surface area contributed by atoms with E-state index in [1.54, 1.807) is 18.2 Å². The Morgan fingerprint density at radius 2 is 2.00 bits per heavy atom. The summed E-state index contributed by atoms with van der Waals surface area (Å²) in [7, 11) is -3.28. The molecule has 0 unspecified atom stereocenters. The van der Waals surface area contributed by atoms with Gasteiger partial charge in [-0.1, -0.05) is 24.9 Å². The van der Waals surface area contributed by atoms with Crippen molar-refractivity contribution in [1.29, 1.82) is 0 Å². The van der Waals surface area contributed by atoms with Crippen molar-refractivity contribution in [3.8, 4) is 0 Å². The predicted molar refractivity (Wildman–Crippen MR) is 90.8 cm³/mol. The van der Waals surface area contributed by atoms with Crippen LogP contribution in [-0.2, 0) is 14.8 Å². The van der Waals surface area contributed by atoms with Crippen LogP contribution in [0.2, 0.25) is 5.02 Å². The van der Waals surface area contributed by atoms with Gasteiger partial charge in [-0.15, -0.1) is 0 Å². The zero-order chi connectivity index (χ0) is 16.8. The van der Waals surface area contributed by atoms with Crippen LogP contribution < -0.4 is 5.32 Å². The van der Waals surface area contributed by atoms with E-state index in [-0.39, 0.29) is 18.9 Å².